The zero-order chi connectivity index (χ0) is 22.8. The third kappa shape index (κ3) is 4.39. The fourth-order valence-electron chi connectivity index (χ4n) is 3.45. The average molecular weight is 455 g/mol. The molecule has 164 valence electrons. The van der Waals surface area contributed by atoms with Gasteiger partial charge in [0.25, 0.3) is 0 Å². The van der Waals surface area contributed by atoms with E-state index in [2.05, 4.69) is 18.0 Å². The SMILES string of the molecule is C[C@@H]1CCn2c(cc(OCc3ccc(Oc4ccc(Cl)c(F)c4)c(C#N)c3)nc2=O)N1C. The van der Waals surface area contributed by atoms with Gasteiger partial charge < -0.3 is 14.4 Å². The van der Waals surface area contributed by atoms with Crippen LogP contribution in [0.2, 0.25) is 5.02 Å². The Morgan fingerprint density at radius 3 is 2.84 bits per heavy atom. The summed E-state index contributed by atoms with van der Waals surface area (Å²) in [6, 6.07) is 13.1. The number of benzene rings is 2. The van der Waals surface area contributed by atoms with Crippen LogP contribution in [0.25, 0.3) is 0 Å². The van der Waals surface area contributed by atoms with Crippen LogP contribution in [0.5, 0.6) is 17.4 Å². The first-order valence-electron chi connectivity index (χ1n) is 9.99. The smallest absolute Gasteiger partial charge is 0.352 e. The second kappa shape index (κ2) is 8.89. The number of rotatable bonds is 5. The summed E-state index contributed by atoms with van der Waals surface area (Å²) in [7, 11) is 1.93. The molecule has 0 radical (unpaired) electrons. The highest BCUT2D eigenvalue weighted by molar-refractivity contribution is 6.30. The van der Waals surface area contributed by atoms with Crippen LogP contribution in [0.1, 0.15) is 24.5 Å². The standard InChI is InChI=1S/C23H20ClFN4O3/c1-14-7-8-29-22(28(14)2)11-21(27-23(29)30)31-13-15-3-6-20(16(9-15)12-26)32-17-4-5-18(24)19(25)10-17/h3-6,9-11,14H,7-8,13H2,1-2H3/t14-/m1/s1. The van der Waals surface area contributed by atoms with Gasteiger partial charge in [0.05, 0.1) is 10.6 Å². The van der Waals surface area contributed by atoms with Crippen LogP contribution in [0, 0.1) is 17.1 Å². The molecule has 1 aliphatic rings. The van der Waals surface area contributed by atoms with Crippen LogP contribution in [-0.4, -0.2) is 22.6 Å². The fraction of sp³-hybridized carbons (Fsp3) is 0.261. The molecule has 9 heteroatoms. The van der Waals surface area contributed by atoms with E-state index in [9.17, 15) is 14.4 Å². The molecular weight excluding hydrogens is 435 g/mol. The van der Waals surface area contributed by atoms with Gasteiger partial charge >= 0.3 is 5.69 Å². The summed E-state index contributed by atoms with van der Waals surface area (Å²) in [4.78, 5) is 18.4. The number of nitriles is 1. The average Bonchev–Trinajstić information content (AvgIpc) is 2.78. The Balaban J connectivity index is 1.51. The van der Waals surface area contributed by atoms with Gasteiger partial charge in [-0.1, -0.05) is 17.7 Å². The zero-order valence-electron chi connectivity index (χ0n) is 17.5. The number of aromatic nitrogens is 2. The van der Waals surface area contributed by atoms with Gasteiger partial charge in [-0.3, -0.25) is 4.57 Å². The summed E-state index contributed by atoms with van der Waals surface area (Å²) in [6.07, 6.45) is 0.874. The predicted molar refractivity (Wildman–Crippen MR) is 118 cm³/mol. The summed E-state index contributed by atoms with van der Waals surface area (Å²) >= 11 is 5.69. The van der Waals surface area contributed by atoms with Gasteiger partial charge in [0.1, 0.15) is 35.8 Å². The highest BCUT2D eigenvalue weighted by atomic mass is 35.5. The van der Waals surface area contributed by atoms with Gasteiger partial charge in [-0.05, 0) is 43.2 Å². The lowest BCUT2D eigenvalue weighted by molar-refractivity contribution is 0.289. The van der Waals surface area contributed by atoms with Gasteiger partial charge in [0.2, 0.25) is 5.88 Å². The molecule has 0 unspecified atom stereocenters. The molecule has 4 rings (SSSR count). The Labute approximate surface area is 189 Å². The number of ether oxygens (including phenoxy) is 2. The summed E-state index contributed by atoms with van der Waals surface area (Å²) in [5.74, 6) is 0.873. The lowest BCUT2D eigenvalue weighted by atomic mass is 10.1. The Bertz CT molecular complexity index is 1270. The van der Waals surface area contributed by atoms with Crippen LogP contribution in [0.4, 0.5) is 10.2 Å². The third-order valence-electron chi connectivity index (χ3n) is 5.43. The van der Waals surface area contributed by atoms with Crippen molar-refractivity contribution in [3.63, 3.8) is 0 Å². The van der Waals surface area contributed by atoms with E-state index in [4.69, 9.17) is 21.1 Å². The van der Waals surface area contributed by atoms with Crippen molar-refractivity contribution >= 4 is 17.4 Å². The van der Waals surface area contributed by atoms with Crippen LogP contribution >= 0.6 is 11.6 Å². The van der Waals surface area contributed by atoms with Gasteiger partial charge in [-0.15, -0.1) is 0 Å². The van der Waals surface area contributed by atoms with Crippen LogP contribution in [0.15, 0.2) is 47.3 Å². The maximum absolute atomic E-state index is 13.6. The van der Waals surface area contributed by atoms with Gasteiger partial charge in [-0.25, -0.2) is 9.18 Å². The quantitative estimate of drug-likeness (QED) is 0.564. The normalized spacial score (nSPS) is 15.1. The van der Waals surface area contributed by atoms with Crippen molar-refractivity contribution in [2.24, 2.45) is 0 Å². The van der Waals surface area contributed by atoms with Crippen molar-refractivity contribution in [3.8, 4) is 23.4 Å². The van der Waals surface area contributed by atoms with Crippen LogP contribution in [0.3, 0.4) is 0 Å². The van der Waals surface area contributed by atoms with Crippen molar-refractivity contribution < 1.29 is 13.9 Å². The third-order valence-corrected chi connectivity index (χ3v) is 5.74. The molecule has 0 bridgehead atoms. The van der Waals surface area contributed by atoms with E-state index < -0.39 is 5.82 Å². The molecule has 32 heavy (non-hydrogen) atoms. The first-order valence-corrected chi connectivity index (χ1v) is 10.4. The molecule has 1 aliphatic heterocycles. The second-order valence-corrected chi connectivity index (χ2v) is 7.95. The molecule has 2 aromatic carbocycles. The minimum Gasteiger partial charge on any atom is -0.473 e. The largest absolute Gasteiger partial charge is 0.473 e. The summed E-state index contributed by atoms with van der Waals surface area (Å²) in [5, 5.41) is 9.49. The number of nitrogens with zero attached hydrogens (tertiary/aromatic N) is 4. The van der Waals surface area contributed by atoms with E-state index in [1.54, 1.807) is 28.8 Å². The highest BCUT2D eigenvalue weighted by Crippen LogP contribution is 2.29. The zero-order valence-corrected chi connectivity index (χ0v) is 18.3. The lowest BCUT2D eigenvalue weighted by Crippen LogP contribution is -2.41. The van der Waals surface area contributed by atoms with Gasteiger partial charge in [0, 0.05) is 31.8 Å². The molecule has 3 aromatic rings. The molecule has 1 aromatic heterocycles. The first-order chi connectivity index (χ1) is 15.4. The van der Waals surface area contributed by atoms with E-state index >= 15 is 0 Å². The summed E-state index contributed by atoms with van der Waals surface area (Å²) in [6.45, 7) is 2.83. The van der Waals surface area contributed by atoms with Crippen molar-refractivity contribution in [2.75, 3.05) is 11.9 Å². The Morgan fingerprint density at radius 1 is 1.28 bits per heavy atom. The van der Waals surface area contributed by atoms with Gasteiger partial charge in [-0.2, -0.15) is 10.2 Å². The molecule has 0 amide bonds. The molecule has 0 N–H and O–H groups in total. The van der Waals surface area contributed by atoms with Crippen molar-refractivity contribution in [1.82, 2.24) is 9.55 Å². The molecule has 7 nitrogen and oxygen atoms in total. The monoisotopic (exact) mass is 454 g/mol. The maximum Gasteiger partial charge on any atom is 0.352 e. The van der Waals surface area contributed by atoms with Crippen LogP contribution < -0.4 is 20.1 Å². The Morgan fingerprint density at radius 2 is 2.09 bits per heavy atom. The maximum atomic E-state index is 13.6. The molecule has 0 aliphatic carbocycles. The van der Waals surface area contributed by atoms with E-state index in [1.807, 2.05) is 11.9 Å². The minimum absolute atomic E-state index is 0.0126. The van der Waals surface area contributed by atoms with Crippen LogP contribution in [-0.2, 0) is 13.2 Å². The first kappa shape index (κ1) is 21.7. The van der Waals surface area contributed by atoms with Crippen molar-refractivity contribution in [2.45, 2.75) is 32.5 Å². The number of anilines is 1. The number of fused-ring (bicyclic) bond motifs is 1. The van der Waals surface area contributed by atoms with Crippen molar-refractivity contribution in [1.29, 1.82) is 5.26 Å². The molecule has 0 saturated carbocycles. The second-order valence-electron chi connectivity index (χ2n) is 7.54. The van der Waals surface area contributed by atoms with E-state index in [0.29, 0.717) is 18.2 Å². The number of hydrogen-bond donors (Lipinski definition) is 0. The fourth-order valence-corrected chi connectivity index (χ4v) is 3.57. The van der Waals surface area contributed by atoms with Gasteiger partial charge in [0.15, 0.2) is 0 Å². The Hall–Kier alpha value is -3.57. The molecule has 2 heterocycles. The molecule has 0 spiro atoms. The molecular formula is C23H20ClFN4O3. The molecule has 0 saturated heterocycles. The van der Waals surface area contributed by atoms with E-state index in [1.165, 1.54) is 12.1 Å². The van der Waals surface area contributed by atoms with E-state index in [0.717, 1.165) is 18.3 Å². The molecule has 0 fully saturated rings. The van der Waals surface area contributed by atoms with Crippen molar-refractivity contribution in [3.05, 3.63) is 74.9 Å². The lowest BCUT2D eigenvalue weighted by Gasteiger charge is -2.34. The number of halogens is 2. The summed E-state index contributed by atoms with van der Waals surface area (Å²) in [5.41, 5.74) is 0.596. The Kier molecular flexibility index (Phi) is 6.01. The highest BCUT2D eigenvalue weighted by Gasteiger charge is 2.22. The molecule has 1 atom stereocenters. The predicted octanol–water partition coefficient (Wildman–Crippen LogP) is 4.51. The summed E-state index contributed by atoms with van der Waals surface area (Å²) < 4.78 is 26.6. The van der Waals surface area contributed by atoms with E-state index in [-0.39, 0.29) is 40.3 Å². The topological polar surface area (TPSA) is 80.4 Å². The number of hydrogen-bond acceptors (Lipinski definition) is 6. The minimum atomic E-state index is -0.610.